The van der Waals surface area contributed by atoms with E-state index in [9.17, 15) is 5.11 Å². The molecule has 0 spiro atoms. The Bertz CT molecular complexity index is 378. The van der Waals surface area contributed by atoms with Gasteiger partial charge in [0.15, 0.2) is 0 Å². The first-order chi connectivity index (χ1) is 8.22. The summed E-state index contributed by atoms with van der Waals surface area (Å²) in [5.74, 6) is 0.102. The molecule has 1 fully saturated rings. The molecule has 4 heteroatoms. The van der Waals surface area contributed by atoms with E-state index >= 15 is 0 Å². The summed E-state index contributed by atoms with van der Waals surface area (Å²) >= 11 is 11.9. The van der Waals surface area contributed by atoms with Crippen molar-refractivity contribution >= 4 is 23.2 Å². The van der Waals surface area contributed by atoms with Gasteiger partial charge in [-0.2, -0.15) is 0 Å². The Morgan fingerprint density at radius 1 is 1.29 bits per heavy atom. The second-order valence-corrected chi connectivity index (χ2v) is 5.33. The SMILES string of the molecule is OCC(c1ccc(Cl)c(Cl)c1)C1CCCCN1. The molecule has 0 aromatic heterocycles. The van der Waals surface area contributed by atoms with Crippen LogP contribution in [0.3, 0.4) is 0 Å². The van der Waals surface area contributed by atoms with Gasteiger partial charge in [-0.3, -0.25) is 0 Å². The van der Waals surface area contributed by atoms with Crippen LogP contribution in [0.2, 0.25) is 10.0 Å². The Hall–Kier alpha value is -0.280. The molecule has 2 N–H and O–H groups in total. The van der Waals surface area contributed by atoms with Gasteiger partial charge >= 0.3 is 0 Å². The molecule has 0 radical (unpaired) electrons. The molecule has 1 aromatic carbocycles. The van der Waals surface area contributed by atoms with Gasteiger partial charge in [-0.1, -0.05) is 35.7 Å². The predicted molar refractivity (Wildman–Crippen MR) is 71.9 cm³/mol. The van der Waals surface area contributed by atoms with Gasteiger partial charge in [-0.25, -0.2) is 0 Å². The minimum absolute atomic E-state index is 0.102. The zero-order valence-corrected chi connectivity index (χ0v) is 11.1. The van der Waals surface area contributed by atoms with Gasteiger partial charge in [0.05, 0.1) is 16.7 Å². The quantitative estimate of drug-likeness (QED) is 0.887. The molecule has 1 saturated heterocycles. The van der Waals surface area contributed by atoms with Crippen molar-refractivity contribution in [2.45, 2.75) is 31.2 Å². The summed E-state index contributed by atoms with van der Waals surface area (Å²) in [6.07, 6.45) is 3.54. The minimum Gasteiger partial charge on any atom is -0.396 e. The van der Waals surface area contributed by atoms with Crippen molar-refractivity contribution in [1.82, 2.24) is 5.32 Å². The summed E-state index contributed by atoms with van der Waals surface area (Å²) < 4.78 is 0. The topological polar surface area (TPSA) is 32.3 Å². The van der Waals surface area contributed by atoms with Crippen LogP contribution in [0.4, 0.5) is 0 Å². The average Bonchev–Trinajstić information content (AvgIpc) is 2.36. The highest BCUT2D eigenvalue weighted by atomic mass is 35.5. The van der Waals surface area contributed by atoms with Crippen LogP contribution in [-0.4, -0.2) is 24.3 Å². The molecular formula is C13H17Cl2NO. The summed E-state index contributed by atoms with van der Waals surface area (Å²) in [4.78, 5) is 0. The predicted octanol–water partition coefficient (Wildman–Crippen LogP) is 3.21. The van der Waals surface area contributed by atoms with Crippen molar-refractivity contribution < 1.29 is 5.11 Å². The highest BCUT2D eigenvalue weighted by molar-refractivity contribution is 6.42. The lowest BCUT2D eigenvalue weighted by atomic mass is 9.87. The molecule has 2 nitrogen and oxygen atoms in total. The maximum absolute atomic E-state index is 9.58. The molecule has 94 valence electrons. The lowest BCUT2D eigenvalue weighted by Crippen LogP contribution is -2.40. The summed E-state index contributed by atoms with van der Waals surface area (Å²) in [5.41, 5.74) is 1.06. The van der Waals surface area contributed by atoms with Gasteiger partial charge in [0.2, 0.25) is 0 Å². The van der Waals surface area contributed by atoms with Crippen molar-refractivity contribution in [2.75, 3.05) is 13.2 Å². The first-order valence-electron chi connectivity index (χ1n) is 6.01. The van der Waals surface area contributed by atoms with E-state index in [2.05, 4.69) is 5.32 Å². The van der Waals surface area contributed by atoms with E-state index in [0.29, 0.717) is 16.1 Å². The van der Waals surface area contributed by atoms with E-state index in [-0.39, 0.29) is 12.5 Å². The smallest absolute Gasteiger partial charge is 0.0595 e. The van der Waals surface area contributed by atoms with Crippen molar-refractivity contribution in [3.63, 3.8) is 0 Å². The van der Waals surface area contributed by atoms with Crippen LogP contribution in [0.5, 0.6) is 0 Å². The molecule has 0 amide bonds. The first-order valence-corrected chi connectivity index (χ1v) is 6.77. The van der Waals surface area contributed by atoms with Crippen molar-refractivity contribution in [1.29, 1.82) is 0 Å². The Balaban J connectivity index is 2.18. The number of halogens is 2. The molecule has 2 atom stereocenters. The third kappa shape index (κ3) is 3.14. The number of nitrogens with one attached hydrogen (secondary N) is 1. The highest BCUT2D eigenvalue weighted by Gasteiger charge is 2.24. The highest BCUT2D eigenvalue weighted by Crippen LogP contribution is 2.30. The van der Waals surface area contributed by atoms with E-state index in [1.54, 1.807) is 6.07 Å². The first kappa shape index (κ1) is 13.2. The largest absolute Gasteiger partial charge is 0.396 e. The Kier molecular flexibility index (Phi) is 4.69. The third-order valence-electron chi connectivity index (χ3n) is 3.40. The minimum atomic E-state index is 0.102. The number of aliphatic hydroxyl groups is 1. The average molecular weight is 274 g/mol. The van der Waals surface area contributed by atoms with Crippen molar-refractivity contribution in [3.05, 3.63) is 33.8 Å². The number of rotatable bonds is 3. The van der Waals surface area contributed by atoms with Crippen LogP contribution in [0.1, 0.15) is 30.7 Å². The molecule has 2 unspecified atom stereocenters. The fourth-order valence-electron chi connectivity index (χ4n) is 2.43. The molecular weight excluding hydrogens is 257 g/mol. The number of aliphatic hydroxyl groups excluding tert-OH is 1. The fourth-order valence-corrected chi connectivity index (χ4v) is 2.74. The Morgan fingerprint density at radius 3 is 2.71 bits per heavy atom. The van der Waals surface area contributed by atoms with Crippen LogP contribution < -0.4 is 5.32 Å². The fraction of sp³-hybridized carbons (Fsp3) is 0.538. The molecule has 1 aromatic rings. The van der Waals surface area contributed by atoms with Gasteiger partial charge in [0, 0.05) is 12.0 Å². The van der Waals surface area contributed by atoms with E-state index in [1.807, 2.05) is 12.1 Å². The van der Waals surface area contributed by atoms with Crippen LogP contribution in [-0.2, 0) is 0 Å². The molecule has 17 heavy (non-hydrogen) atoms. The van der Waals surface area contributed by atoms with Crippen LogP contribution >= 0.6 is 23.2 Å². The summed E-state index contributed by atoms with van der Waals surface area (Å²) in [6.45, 7) is 1.16. The second kappa shape index (κ2) is 6.05. The van der Waals surface area contributed by atoms with Gasteiger partial charge < -0.3 is 10.4 Å². The molecule has 0 aliphatic carbocycles. The van der Waals surface area contributed by atoms with Crippen molar-refractivity contribution in [2.24, 2.45) is 0 Å². The molecule has 1 aliphatic heterocycles. The zero-order valence-electron chi connectivity index (χ0n) is 9.63. The molecule has 0 saturated carbocycles. The van der Waals surface area contributed by atoms with E-state index in [1.165, 1.54) is 12.8 Å². The van der Waals surface area contributed by atoms with E-state index in [4.69, 9.17) is 23.2 Å². The summed E-state index contributed by atoms with van der Waals surface area (Å²) in [5, 5.41) is 14.2. The van der Waals surface area contributed by atoms with E-state index < -0.39 is 0 Å². The van der Waals surface area contributed by atoms with Crippen LogP contribution in [0, 0.1) is 0 Å². The maximum atomic E-state index is 9.58. The number of hydrogen-bond donors (Lipinski definition) is 2. The van der Waals surface area contributed by atoms with Gasteiger partial charge in [-0.15, -0.1) is 0 Å². The Labute approximate surface area is 112 Å². The summed E-state index contributed by atoms with van der Waals surface area (Å²) in [7, 11) is 0. The molecule has 0 bridgehead atoms. The molecule has 2 rings (SSSR count). The van der Waals surface area contributed by atoms with Gasteiger partial charge in [0.25, 0.3) is 0 Å². The molecule has 1 heterocycles. The summed E-state index contributed by atoms with van der Waals surface area (Å²) in [6, 6.07) is 5.95. The van der Waals surface area contributed by atoms with Crippen LogP contribution in [0.25, 0.3) is 0 Å². The number of hydrogen-bond acceptors (Lipinski definition) is 2. The third-order valence-corrected chi connectivity index (χ3v) is 4.14. The van der Waals surface area contributed by atoms with Gasteiger partial charge in [0.1, 0.15) is 0 Å². The normalized spacial score (nSPS) is 22.4. The standard InChI is InChI=1S/C13H17Cl2NO/c14-11-5-4-9(7-12(11)15)10(8-17)13-3-1-2-6-16-13/h4-5,7,10,13,16-17H,1-3,6,8H2. The van der Waals surface area contributed by atoms with Gasteiger partial charge in [-0.05, 0) is 37.1 Å². The van der Waals surface area contributed by atoms with E-state index in [0.717, 1.165) is 18.5 Å². The lowest BCUT2D eigenvalue weighted by molar-refractivity contribution is 0.219. The van der Waals surface area contributed by atoms with Crippen molar-refractivity contribution in [3.8, 4) is 0 Å². The number of piperidine rings is 1. The monoisotopic (exact) mass is 273 g/mol. The van der Waals surface area contributed by atoms with Crippen LogP contribution in [0.15, 0.2) is 18.2 Å². The zero-order chi connectivity index (χ0) is 12.3. The Morgan fingerprint density at radius 2 is 2.12 bits per heavy atom. The number of benzene rings is 1. The second-order valence-electron chi connectivity index (χ2n) is 4.52. The molecule has 1 aliphatic rings. The lowest BCUT2D eigenvalue weighted by Gasteiger charge is -2.30. The maximum Gasteiger partial charge on any atom is 0.0595 e.